The predicted molar refractivity (Wildman–Crippen MR) is 70.8 cm³/mol. The van der Waals surface area contributed by atoms with Crippen molar-refractivity contribution in [3.63, 3.8) is 0 Å². The van der Waals surface area contributed by atoms with Gasteiger partial charge in [0.05, 0.1) is 11.3 Å². The lowest BCUT2D eigenvalue weighted by atomic mass is 9.98. The molecule has 0 heterocycles. The van der Waals surface area contributed by atoms with E-state index in [4.69, 9.17) is 10.5 Å². The van der Waals surface area contributed by atoms with Crippen molar-refractivity contribution in [3.8, 4) is 0 Å². The first-order valence-electron chi connectivity index (χ1n) is 6.03. The zero-order valence-electron chi connectivity index (χ0n) is 9.92. The number of hydrogen-bond acceptors (Lipinski definition) is 3. The Hall–Kier alpha value is -1.10. The summed E-state index contributed by atoms with van der Waals surface area (Å²) in [5.41, 5.74) is 5.69. The van der Waals surface area contributed by atoms with E-state index >= 15 is 0 Å². The Morgan fingerprint density at radius 3 is 2.67 bits per heavy atom. The van der Waals surface area contributed by atoms with Crippen LogP contribution in [0.3, 0.4) is 0 Å². The maximum atomic E-state index is 13.2. The van der Waals surface area contributed by atoms with E-state index in [1.165, 1.54) is 18.6 Å². The third-order valence-electron chi connectivity index (χ3n) is 3.13. The van der Waals surface area contributed by atoms with Crippen LogP contribution in [0.15, 0.2) is 16.6 Å². The first-order chi connectivity index (χ1) is 8.58. The topological polar surface area (TPSA) is 52.3 Å². The summed E-state index contributed by atoms with van der Waals surface area (Å²) in [7, 11) is 0. The molecular formula is C13H15BrFNO2. The molecular weight excluding hydrogens is 301 g/mol. The summed E-state index contributed by atoms with van der Waals surface area (Å²) in [5, 5.41) is 0. The molecule has 2 N–H and O–H groups in total. The number of anilines is 1. The SMILES string of the molecule is Nc1cc(C(=O)OC2CCCCC2)c(Br)cc1F. The summed E-state index contributed by atoms with van der Waals surface area (Å²) in [5.74, 6) is -0.989. The molecule has 18 heavy (non-hydrogen) atoms. The summed E-state index contributed by atoms with van der Waals surface area (Å²) in [6.07, 6.45) is 5.15. The third-order valence-corrected chi connectivity index (χ3v) is 3.79. The van der Waals surface area contributed by atoms with Crippen LogP contribution in [0.25, 0.3) is 0 Å². The van der Waals surface area contributed by atoms with Gasteiger partial charge in [0, 0.05) is 4.47 Å². The Kier molecular flexibility index (Phi) is 4.22. The van der Waals surface area contributed by atoms with Gasteiger partial charge in [-0.2, -0.15) is 0 Å². The minimum absolute atomic E-state index is 0.0237. The van der Waals surface area contributed by atoms with Crippen molar-refractivity contribution in [1.82, 2.24) is 0 Å². The minimum Gasteiger partial charge on any atom is -0.459 e. The number of carbonyl (C=O) groups is 1. The standard InChI is InChI=1S/C13H15BrFNO2/c14-10-7-11(15)12(16)6-9(10)13(17)18-8-4-2-1-3-5-8/h6-8H,1-5,16H2. The van der Waals surface area contributed by atoms with E-state index in [1.807, 2.05) is 0 Å². The van der Waals surface area contributed by atoms with Crippen LogP contribution in [0.1, 0.15) is 42.5 Å². The third kappa shape index (κ3) is 3.02. The average molecular weight is 316 g/mol. The van der Waals surface area contributed by atoms with Crippen molar-refractivity contribution < 1.29 is 13.9 Å². The van der Waals surface area contributed by atoms with Gasteiger partial charge in [-0.15, -0.1) is 0 Å². The van der Waals surface area contributed by atoms with E-state index in [0.717, 1.165) is 25.7 Å². The lowest BCUT2D eigenvalue weighted by Crippen LogP contribution is -2.21. The van der Waals surface area contributed by atoms with Crippen molar-refractivity contribution in [3.05, 3.63) is 28.0 Å². The minimum atomic E-state index is -0.545. The van der Waals surface area contributed by atoms with Crippen LogP contribution in [0.5, 0.6) is 0 Å². The van der Waals surface area contributed by atoms with Crippen molar-refractivity contribution >= 4 is 27.6 Å². The van der Waals surface area contributed by atoms with E-state index in [-0.39, 0.29) is 17.4 Å². The predicted octanol–water partition coefficient (Wildman–Crippen LogP) is 3.66. The first-order valence-corrected chi connectivity index (χ1v) is 6.82. The molecule has 1 aliphatic carbocycles. The van der Waals surface area contributed by atoms with Gasteiger partial charge in [0.1, 0.15) is 11.9 Å². The zero-order chi connectivity index (χ0) is 13.1. The average Bonchev–Trinajstić information content (AvgIpc) is 2.35. The number of nitrogens with two attached hydrogens (primary N) is 1. The molecule has 1 aromatic carbocycles. The Morgan fingerprint density at radius 1 is 1.33 bits per heavy atom. The molecule has 3 nitrogen and oxygen atoms in total. The van der Waals surface area contributed by atoms with Gasteiger partial charge in [0.25, 0.3) is 0 Å². The van der Waals surface area contributed by atoms with Gasteiger partial charge < -0.3 is 10.5 Å². The summed E-state index contributed by atoms with van der Waals surface area (Å²) >= 11 is 3.15. The first kappa shape index (κ1) is 13.3. The molecule has 1 aromatic rings. The molecule has 0 aliphatic heterocycles. The van der Waals surface area contributed by atoms with Crippen LogP contribution in [0.4, 0.5) is 10.1 Å². The molecule has 0 radical (unpaired) electrons. The highest BCUT2D eigenvalue weighted by molar-refractivity contribution is 9.10. The number of ether oxygens (including phenoxy) is 1. The summed E-state index contributed by atoms with van der Waals surface area (Å²) < 4.78 is 19.0. The normalized spacial score (nSPS) is 16.6. The molecule has 5 heteroatoms. The van der Waals surface area contributed by atoms with Crippen LogP contribution in [0, 0.1) is 5.82 Å². The molecule has 0 amide bonds. The highest BCUT2D eigenvalue weighted by Crippen LogP contribution is 2.26. The maximum Gasteiger partial charge on any atom is 0.339 e. The van der Waals surface area contributed by atoms with Crippen LogP contribution in [0.2, 0.25) is 0 Å². The van der Waals surface area contributed by atoms with Gasteiger partial charge in [-0.05, 0) is 53.7 Å². The van der Waals surface area contributed by atoms with Crippen LogP contribution in [-0.4, -0.2) is 12.1 Å². The number of hydrogen-bond donors (Lipinski definition) is 1. The van der Waals surface area contributed by atoms with Gasteiger partial charge in [-0.25, -0.2) is 9.18 Å². The molecule has 0 bridgehead atoms. The van der Waals surface area contributed by atoms with Crippen molar-refractivity contribution in [2.75, 3.05) is 5.73 Å². The second kappa shape index (κ2) is 5.69. The molecule has 0 atom stereocenters. The van der Waals surface area contributed by atoms with E-state index < -0.39 is 11.8 Å². The maximum absolute atomic E-state index is 13.2. The van der Waals surface area contributed by atoms with Gasteiger partial charge in [0.2, 0.25) is 0 Å². The Balaban J connectivity index is 2.10. The smallest absolute Gasteiger partial charge is 0.339 e. The van der Waals surface area contributed by atoms with Crippen molar-refractivity contribution in [1.29, 1.82) is 0 Å². The lowest BCUT2D eigenvalue weighted by molar-refractivity contribution is 0.0210. The zero-order valence-corrected chi connectivity index (χ0v) is 11.5. The number of halogens is 2. The highest BCUT2D eigenvalue weighted by atomic mass is 79.9. The summed E-state index contributed by atoms with van der Waals surface area (Å²) in [6, 6.07) is 2.50. The summed E-state index contributed by atoms with van der Waals surface area (Å²) in [6.45, 7) is 0. The molecule has 2 rings (SSSR count). The molecule has 1 saturated carbocycles. The molecule has 0 unspecified atom stereocenters. The number of rotatable bonds is 2. The Morgan fingerprint density at radius 2 is 2.00 bits per heavy atom. The van der Waals surface area contributed by atoms with Gasteiger partial charge >= 0.3 is 5.97 Å². The van der Waals surface area contributed by atoms with Crippen LogP contribution < -0.4 is 5.73 Å². The number of benzene rings is 1. The number of carbonyl (C=O) groups excluding carboxylic acids is 1. The number of nitrogen functional groups attached to an aromatic ring is 1. The van der Waals surface area contributed by atoms with Crippen LogP contribution >= 0.6 is 15.9 Å². The molecule has 0 saturated heterocycles. The molecule has 0 spiro atoms. The second-order valence-electron chi connectivity index (χ2n) is 4.52. The largest absolute Gasteiger partial charge is 0.459 e. The van der Waals surface area contributed by atoms with Gasteiger partial charge in [-0.1, -0.05) is 6.42 Å². The van der Waals surface area contributed by atoms with Gasteiger partial charge in [0.15, 0.2) is 0 Å². The molecule has 98 valence electrons. The quantitative estimate of drug-likeness (QED) is 0.669. The number of esters is 1. The molecule has 1 aliphatic rings. The fourth-order valence-corrected chi connectivity index (χ4v) is 2.60. The fraction of sp³-hybridized carbons (Fsp3) is 0.462. The lowest BCUT2D eigenvalue weighted by Gasteiger charge is -2.22. The van der Waals surface area contributed by atoms with Crippen molar-refractivity contribution in [2.45, 2.75) is 38.2 Å². The van der Waals surface area contributed by atoms with E-state index in [9.17, 15) is 9.18 Å². The Bertz CT molecular complexity index is 459. The van der Waals surface area contributed by atoms with E-state index in [1.54, 1.807) is 0 Å². The van der Waals surface area contributed by atoms with Gasteiger partial charge in [-0.3, -0.25) is 0 Å². The van der Waals surface area contributed by atoms with Crippen LogP contribution in [-0.2, 0) is 4.74 Å². The summed E-state index contributed by atoms with van der Waals surface area (Å²) in [4.78, 5) is 12.0. The van der Waals surface area contributed by atoms with E-state index in [2.05, 4.69) is 15.9 Å². The monoisotopic (exact) mass is 315 g/mol. The highest BCUT2D eigenvalue weighted by Gasteiger charge is 2.21. The van der Waals surface area contributed by atoms with Crippen molar-refractivity contribution in [2.24, 2.45) is 0 Å². The van der Waals surface area contributed by atoms with E-state index in [0.29, 0.717) is 4.47 Å². The Labute approximate surface area is 114 Å². The molecule has 0 aromatic heterocycles. The fourth-order valence-electron chi connectivity index (χ4n) is 2.12. The molecule has 1 fully saturated rings. The second-order valence-corrected chi connectivity index (χ2v) is 5.37.